The smallest absolute Gasteiger partial charge is 0.323 e. The molecule has 1 unspecified atom stereocenters. The van der Waals surface area contributed by atoms with Gasteiger partial charge >= 0.3 is 5.97 Å². The molecule has 1 heterocycles. The Bertz CT molecular complexity index is 542. The van der Waals surface area contributed by atoms with Gasteiger partial charge in [-0.2, -0.15) is 0 Å². The van der Waals surface area contributed by atoms with E-state index in [2.05, 4.69) is 9.71 Å². The van der Waals surface area contributed by atoms with Gasteiger partial charge in [0, 0.05) is 20.3 Å². The molecule has 0 radical (unpaired) electrons. The first-order valence-electron chi connectivity index (χ1n) is 5.11. The van der Waals surface area contributed by atoms with Crippen molar-refractivity contribution in [2.75, 3.05) is 23.7 Å². The summed E-state index contributed by atoms with van der Waals surface area (Å²) in [4.78, 5) is 16.2. The molecule has 0 aromatic carbocycles. The van der Waals surface area contributed by atoms with E-state index in [0.717, 1.165) is 6.92 Å². The van der Waals surface area contributed by atoms with Crippen molar-refractivity contribution < 1.29 is 18.3 Å². The SMILES string of the molecule is CC(C(=O)O)S(=O)(=O)Nc1cnccc1N(C)C. The molecule has 1 atom stereocenters. The molecule has 7 nitrogen and oxygen atoms in total. The van der Waals surface area contributed by atoms with Crippen molar-refractivity contribution in [1.29, 1.82) is 0 Å². The minimum absolute atomic E-state index is 0.246. The van der Waals surface area contributed by atoms with Gasteiger partial charge in [0.1, 0.15) is 0 Å². The lowest BCUT2D eigenvalue weighted by atomic mass is 10.3. The zero-order chi connectivity index (χ0) is 13.9. The van der Waals surface area contributed by atoms with Crippen molar-refractivity contribution in [2.45, 2.75) is 12.2 Å². The largest absolute Gasteiger partial charge is 0.480 e. The second-order valence-corrected chi connectivity index (χ2v) is 5.92. The van der Waals surface area contributed by atoms with Gasteiger partial charge < -0.3 is 10.0 Å². The second-order valence-electron chi connectivity index (χ2n) is 3.91. The van der Waals surface area contributed by atoms with Crippen LogP contribution >= 0.6 is 0 Å². The molecule has 1 aromatic rings. The number of carboxylic acid groups (broad SMARTS) is 1. The minimum Gasteiger partial charge on any atom is -0.480 e. The van der Waals surface area contributed by atoms with E-state index in [9.17, 15) is 13.2 Å². The van der Waals surface area contributed by atoms with Crippen molar-refractivity contribution in [3.63, 3.8) is 0 Å². The van der Waals surface area contributed by atoms with Crippen molar-refractivity contribution in [3.05, 3.63) is 18.5 Å². The summed E-state index contributed by atoms with van der Waals surface area (Å²) < 4.78 is 25.8. The first-order chi connectivity index (χ1) is 8.25. The Labute approximate surface area is 106 Å². The number of carboxylic acids is 1. The van der Waals surface area contributed by atoms with Gasteiger partial charge in [-0.25, -0.2) is 8.42 Å². The van der Waals surface area contributed by atoms with Crippen LogP contribution in [-0.4, -0.2) is 43.8 Å². The number of hydrogen-bond acceptors (Lipinski definition) is 5. The summed E-state index contributed by atoms with van der Waals surface area (Å²) >= 11 is 0. The van der Waals surface area contributed by atoms with Crippen LogP contribution in [0.4, 0.5) is 11.4 Å². The van der Waals surface area contributed by atoms with E-state index in [1.54, 1.807) is 25.1 Å². The summed E-state index contributed by atoms with van der Waals surface area (Å²) in [6, 6.07) is 1.63. The van der Waals surface area contributed by atoms with Crippen LogP contribution in [0.1, 0.15) is 6.92 Å². The van der Waals surface area contributed by atoms with Gasteiger partial charge in [-0.3, -0.25) is 14.5 Å². The molecule has 8 heteroatoms. The summed E-state index contributed by atoms with van der Waals surface area (Å²) in [6.45, 7) is 1.11. The molecule has 0 aliphatic rings. The quantitative estimate of drug-likeness (QED) is 0.803. The molecule has 18 heavy (non-hydrogen) atoms. The molecule has 0 aliphatic carbocycles. The molecule has 0 spiro atoms. The fraction of sp³-hybridized carbons (Fsp3) is 0.400. The number of pyridine rings is 1. The number of aliphatic carboxylic acids is 1. The van der Waals surface area contributed by atoms with Crippen LogP contribution in [0.5, 0.6) is 0 Å². The minimum atomic E-state index is -3.98. The van der Waals surface area contributed by atoms with Gasteiger partial charge in [0.2, 0.25) is 10.0 Å². The Morgan fingerprint density at radius 2 is 2.11 bits per heavy atom. The molecule has 0 saturated heterocycles. The van der Waals surface area contributed by atoms with E-state index >= 15 is 0 Å². The van der Waals surface area contributed by atoms with Crippen molar-refractivity contribution in [2.24, 2.45) is 0 Å². The standard InChI is InChI=1S/C10H15N3O4S/c1-7(10(14)15)18(16,17)12-8-6-11-5-4-9(8)13(2)3/h4-7,12H,1-3H3,(H,14,15). The molecule has 1 aromatic heterocycles. The fourth-order valence-corrected chi connectivity index (χ4v) is 2.14. The second kappa shape index (κ2) is 5.21. The van der Waals surface area contributed by atoms with E-state index in [1.807, 2.05) is 0 Å². The number of sulfonamides is 1. The first-order valence-corrected chi connectivity index (χ1v) is 6.66. The topological polar surface area (TPSA) is 99.6 Å². The van der Waals surface area contributed by atoms with E-state index in [1.165, 1.54) is 12.4 Å². The zero-order valence-electron chi connectivity index (χ0n) is 10.3. The number of nitrogens with zero attached hydrogens (tertiary/aromatic N) is 2. The summed E-state index contributed by atoms with van der Waals surface area (Å²) in [5.74, 6) is -1.40. The molecule has 1 rings (SSSR count). The van der Waals surface area contributed by atoms with Crippen molar-refractivity contribution >= 4 is 27.4 Å². The van der Waals surface area contributed by atoms with Crippen LogP contribution in [0, 0.1) is 0 Å². The van der Waals surface area contributed by atoms with Gasteiger partial charge in [0.05, 0.1) is 17.6 Å². The predicted octanol–water partition coefficient (Wildman–Crippen LogP) is 0.362. The van der Waals surface area contributed by atoms with Crippen LogP contribution < -0.4 is 9.62 Å². The lowest BCUT2D eigenvalue weighted by Gasteiger charge is -2.18. The number of aromatic nitrogens is 1. The predicted molar refractivity (Wildman–Crippen MR) is 68.2 cm³/mol. The highest BCUT2D eigenvalue weighted by Crippen LogP contribution is 2.24. The number of hydrogen-bond donors (Lipinski definition) is 2. The van der Waals surface area contributed by atoms with Gasteiger partial charge in [0.15, 0.2) is 5.25 Å². The van der Waals surface area contributed by atoms with E-state index < -0.39 is 21.2 Å². The highest BCUT2D eigenvalue weighted by atomic mass is 32.2. The van der Waals surface area contributed by atoms with Crippen molar-refractivity contribution in [3.8, 4) is 0 Å². The molecule has 0 amide bonds. The Balaban J connectivity index is 3.09. The zero-order valence-corrected chi connectivity index (χ0v) is 11.1. The molecule has 2 N–H and O–H groups in total. The summed E-state index contributed by atoms with van der Waals surface area (Å²) in [7, 11) is -0.497. The Hall–Kier alpha value is -1.83. The highest BCUT2D eigenvalue weighted by Gasteiger charge is 2.28. The lowest BCUT2D eigenvalue weighted by molar-refractivity contribution is -0.136. The third-order valence-corrected chi connectivity index (χ3v) is 3.98. The number of carbonyl (C=O) groups is 1. The number of rotatable bonds is 5. The Kier molecular flexibility index (Phi) is 4.12. The van der Waals surface area contributed by atoms with Crippen LogP contribution in [0.25, 0.3) is 0 Å². The van der Waals surface area contributed by atoms with Crippen LogP contribution in [0.15, 0.2) is 18.5 Å². The Morgan fingerprint density at radius 3 is 2.61 bits per heavy atom. The van der Waals surface area contributed by atoms with Gasteiger partial charge in [-0.05, 0) is 13.0 Å². The number of nitrogens with one attached hydrogen (secondary N) is 1. The highest BCUT2D eigenvalue weighted by molar-refractivity contribution is 7.94. The normalized spacial score (nSPS) is 12.8. The summed E-state index contributed by atoms with van der Waals surface area (Å²) in [5.41, 5.74) is 0.849. The van der Waals surface area contributed by atoms with Crippen molar-refractivity contribution in [1.82, 2.24) is 4.98 Å². The fourth-order valence-electron chi connectivity index (χ4n) is 1.23. The average molecular weight is 273 g/mol. The summed E-state index contributed by atoms with van der Waals surface area (Å²) in [5, 5.41) is 7.19. The van der Waals surface area contributed by atoms with Gasteiger partial charge in [0.25, 0.3) is 0 Å². The van der Waals surface area contributed by atoms with Crippen LogP contribution in [0.3, 0.4) is 0 Å². The van der Waals surface area contributed by atoms with E-state index in [0.29, 0.717) is 5.69 Å². The molecule has 0 aliphatic heterocycles. The van der Waals surface area contributed by atoms with E-state index in [-0.39, 0.29) is 5.69 Å². The van der Waals surface area contributed by atoms with Crippen LogP contribution in [0.2, 0.25) is 0 Å². The lowest BCUT2D eigenvalue weighted by Crippen LogP contribution is -2.32. The molecule has 0 bridgehead atoms. The third-order valence-electron chi connectivity index (χ3n) is 2.35. The van der Waals surface area contributed by atoms with Gasteiger partial charge in [-0.15, -0.1) is 0 Å². The molecular weight excluding hydrogens is 258 g/mol. The summed E-state index contributed by atoms with van der Waals surface area (Å²) in [6.07, 6.45) is 2.86. The average Bonchev–Trinajstić information content (AvgIpc) is 2.27. The maximum Gasteiger partial charge on any atom is 0.323 e. The number of anilines is 2. The Morgan fingerprint density at radius 1 is 1.50 bits per heavy atom. The maximum absolute atomic E-state index is 11.8. The van der Waals surface area contributed by atoms with E-state index in [4.69, 9.17) is 5.11 Å². The van der Waals surface area contributed by atoms with Crippen LogP contribution in [-0.2, 0) is 14.8 Å². The molecule has 100 valence electrons. The first kappa shape index (κ1) is 14.2. The molecule has 0 saturated carbocycles. The monoisotopic (exact) mass is 273 g/mol. The molecule has 0 fully saturated rings. The molecular formula is C10H15N3O4S. The maximum atomic E-state index is 11.8. The third kappa shape index (κ3) is 3.10. The van der Waals surface area contributed by atoms with Gasteiger partial charge in [-0.1, -0.05) is 0 Å².